The van der Waals surface area contributed by atoms with Gasteiger partial charge in [0.15, 0.2) is 5.13 Å². The monoisotopic (exact) mass is 345 g/mol. The van der Waals surface area contributed by atoms with E-state index in [1.165, 1.54) is 11.3 Å². The standard InChI is InChI=1S/C17H19N3O3S/c21-15(22)9-8-11-4-3-5-12(10-11)18-16(23)20-17-19-13-6-1-2-7-14(13)24-17/h3-5,10H,1-2,6-9H2,(H,21,22)(H2,18,19,20,23). The van der Waals surface area contributed by atoms with Crippen LogP contribution in [0.1, 0.15) is 35.4 Å². The third kappa shape index (κ3) is 4.32. The molecule has 0 radical (unpaired) electrons. The van der Waals surface area contributed by atoms with Crippen molar-refractivity contribution in [1.82, 2.24) is 4.98 Å². The van der Waals surface area contributed by atoms with Crippen molar-refractivity contribution in [2.24, 2.45) is 0 Å². The van der Waals surface area contributed by atoms with E-state index in [1.54, 1.807) is 29.5 Å². The smallest absolute Gasteiger partial charge is 0.325 e. The zero-order chi connectivity index (χ0) is 16.9. The van der Waals surface area contributed by atoms with Gasteiger partial charge in [-0.2, -0.15) is 0 Å². The summed E-state index contributed by atoms with van der Waals surface area (Å²) >= 11 is 1.54. The summed E-state index contributed by atoms with van der Waals surface area (Å²) in [5.41, 5.74) is 2.62. The Labute approximate surface area is 143 Å². The van der Waals surface area contributed by atoms with Crippen LogP contribution in [0.4, 0.5) is 15.6 Å². The number of anilines is 2. The molecular formula is C17H19N3O3S. The van der Waals surface area contributed by atoms with Gasteiger partial charge in [-0.25, -0.2) is 9.78 Å². The van der Waals surface area contributed by atoms with Crippen LogP contribution in [0.25, 0.3) is 0 Å². The zero-order valence-corrected chi connectivity index (χ0v) is 14.0. The Bertz CT molecular complexity index is 734. The van der Waals surface area contributed by atoms with E-state index in [9.17, 15) is 9.59 Å². The van der Waals surface area contributed by atoms with Crippen LogP contribution in [-0.4, -0.2) is 22.1 Å². The van der Waals surface area contributed by atoms with E-state index in [0.29, 0.717) is 17.2 Å². The first-order valence-electron chi connectivity index (χ1n) is 7.97. The van der Waals surface area contributed by atoms with Crippen LogP contribution in [0, 0.1) is 0 Å². The summed E-state index contributed by atoms with van der Waals surface area (Å²) in [6.45, 7) is 0. The van der Waals surface area contributed by atoms with E-state index in [0.717, 1.165) is 30.5 Å². The Morgan fingerprint density at radius 2 is 2.04 bits per heavy atom. The minimum Gasteiger partial charge on any atom is -0.481 e. The maximum atomic E-state index is 12.1. The first-order chi connectivity index (χ1) is 11.6. The molecule has 0 spiro atoms. The molecule has 0 bridgehead atoms. The highest BCUT2D eigenvalue weighted by Crippen LogP contribution is 2.29. The molecule has 1 aromatic heterocycles. The second kappa shape index (κ2) is 7.44. The quantitative estimate of drug-likeness (QED) is 0.771. The fourth-order valence-corrected chi connectivity index (χ4v) is 3.77. The van der Waals surface area contributed by atoms with Crippen molar-refractivity contribution >= 4 is 34.2 Å². The molecule has 1 heterocycles. The van der Waals surface area contributed by atoms with Gasteiger partial charge in [-0.3, -0.25) is 10.1 Å². The molecule has 24 heavy (non-hydrogen) atoms. The van der Waals surface area contributed by atoms with Crippen molar-refractivity contribution < 1.29 is 14.7 Å². The number of urea groups is 1. The third-order valence-corrected chi connectivity index (χ3v) is 4.95. The Morgan fingerprint density at radius 1 is 1.21 bits per heavy atom. The van der Waals surface area contributed by atoms with Crippen molar-refractivity contribution in [3.8, 4) is 0 Å². The van der Waals surface area contributed by atoms with E-state index in [2.05, 4.69) is 15.6 Å². The number of aromatic nitrogens is 1. The summed E-state index contributed by atoms with van der Waals surface area (Å²) in [7, 11) is 0. The van der Waals surface area contributed by atoms with Gasteiger partial charge in [-0.05, 0) is 49.8 Å². The number of aryl methyl sites for hydroxylation is 3. The van der Waals surface area contributed by atoms with Gasteiger partial charge in [0.05, 0.1) is 5.69 Å². The number of nitrogens with one attached hydrogen (secondary N) is 2. The van der Waals surface area contributed by atoms with Gasteiger partial charge in [0.25, 0.3) is 0 Å². The van der Waals surface area contributed by atoms with Gasteiger partial charge in [0, 0.05) is 17.0 Å². The topological polar surface area (TPSA) is 91.3 Å². The predicted octanol–water partition coefficient (Wildman–Crippen LogP) is 3.68. The molecule has 2 amide bonds. The van der Waals surface area contributed by atoms with Crippen molar-refractivity contribution in [2.75, 3.05) is 10.6 Å². The summed E-state index contributed by atoms with van der Waals surface area (Å²) in [6.07, 6.45) is 4.88. The van der Waals surface area contributed by atoms with Gasteiger partial charge in [-0.15, -0.1) is 11.3 Å². The molecule has 1 aliphatic rings. The minimum absolute atomic E-state index is 0.0698. The number of carbonyl (C=O) groups excluding carboxylic acids is 1. The van der Waals surface area contributed by atoms with Crippen LogP contribution in [0.2, 0.25) is 0 Å². The highest BCUT2D eigenvalue weighted by Gasteiger charge is 2.16. The zero-order valence-electron chi connectivity index (χ0n) is 13.2. The Hall–Kier alpha value is -2.41. The number of hydrogen-bond donors (Lipinski definition) is 3. The van der Waals surface area contributed by atoms with Gasteiger partial charge >= 0.3 is 12.0 Å². The van der Waals surface area contributed by atoms with Gasteiger partial charge in [0.2, 0.25) is 0 Å². The maximum Gasteiger partial charge on any atom is 0.325 e. The summed E-state index contributed by atoms with van der Waals surface area (Å²) in [5, 5.41) is 14.9. The average molecular weight is 345 g/mol. The highest BCUT2D eigenvalue weighted by molar-refractivity contribution is 7.15. The fourth-order valence-electron chi connectivity index (χ4n) is 2.72. The molecule has 0 aliphatic heterocycles. The van der Waals surface area contributed by atoms with Crippen molar-refractivity contribution in [2.45, 2.75) is 38.5 Å². The van der Waals surface area contributed by atoms with Gasteiger partial charge < -0.3 is 10.4 Å². The van der Waals surface area contributed by atoms with E-state index >= 15 is 0 Å². The lowest BCUT2D eigenvalue weighted by Gasteiger charge is -2.07. The number of hydrogen-bond acceptors (Lipinski definition) is 4. The van der Waals surface area contributed by atoms with Crippen molar-refractivity contribution in [3.05, 3.63) is 40.4 Å². The largest absolute Gasteiger partial charge is 0.481 e. The molecule has 3 rings (SSSR count). The molecule has 0 saturated carbocycles. The lowest BCUT2D eigenvalue weighted by Crippen LogP contribution is -2.19. The summed E-state index contributed by atoms with van der Waals surface area (Å²) in [4.78, 5) is 28.5. The van der Waals surface area contributed by atoms with Crippen LogP contribution in [0.5, 0.6) is 0 Å². The van der Waals surface area contributed by atoms with Crippen molar-refractivity contribution in [1.29, 1.82) is 0 Å². The molecule has 1 aromatic carbocycles. The number of nitrogens with zero attached hydrogens (tertiary/aromatic N) is 1. The second-order valence-electron chi connectivity index (χ2n) is 5.77. The fraction of sp³-hybridized carbons (Fsp3) is 0.353. The number of carboxylic acid groups (broad SMARTS) is 1. The molecule has 126 valence electrons. The molecule has 3 N–H and O–H groups in total. The first kappa shape index (κ1) is 16.4. The van der Waals surface area contributed by atoms with Crippen LogP contribution in [0.15, 0.2) is 24.3 Å². The Kier molecular flexibility index (Phi) is 5.10. The minimum atomic E-state index is -0.834. The van der Waals surface area contributed by atoms with Crippen LogP contribution < -0.4 is 10.6 Å². The molecule has 2 aromatic rings. The number of amides is 2. The summed E-state index contributed by atoms with van der Waals surface area (Å²) in [6, 6.07) is 6.87. The van der Waals surface area contributed by atoms with Gasteiger partial charge in [0.1, 0.15) is 0 Å². The van der Waals surface area contributed by atoms with Gasteiger partial charge in [-0.1, -0.05) is 12.1 Å². The SMILES string of the molecule is O=C(O)CCc1cccc(NC(=O)Nc2nc3c(s2)CCCC3)c1. The number of aliphatic carboxylic acids is 1. The van der Waals surface area contributed by atoms with E-state index in [-0.39, 0.29) is 12.5 Å². The molecule has 0 atom stereocenters. The third-order valence-electron chi connectivity index (χ3n) is 3.88. The Morgan fingerprint density at radius 3 is 2.83 bits per heavy atom. The van der Waals surface area contributed by atoms with E-state index in [4.69, 9.17) is 5.11 Å². The first-order valence-corrected chi connectivity index (χ1v) is 8.79. The predicted molar refractivity (Wildman–Crippen MR) is 93.8 cm³/mol. The lowest BCUT2D eigenvalue weighted by atomic mass is 10.0. The Balaban J connectivity index is 1.59. The highest BCUT2D eigenvalue weighted by atomic mass is 32.1. The number of fused-ring (bicyclic) bond motifs is 1. The number of rotatable bonds is 5. The molecule has 0 fully saturated rings. The van der Waals surface area contributed by atoms with Crippen LogP contribution in [0.3, 0.4) is 0 Å². The van der Waals surface area contributed by atoms with E-state index in [1.807, 2.05) is 6.07 Å². The number of thiazole rings is 1. The molecular weight excluding hydrogens is 326 g/mol. The molecule has 6 nitrogen and oxygen atoms in total. The lowest BCUT2D eigenvalue weighted by molar-refractivity contribution is -0.136. The van der Waals surface area contributed by atoms with Crippen LogP contribution >= 0.6 is 11.3 Å². The number of carboxylic acids is 1. The summed E-state index contributed by atoms with van der Waals surface area (Å²) < 4.78 is 0. The van der Waals surface area contributed by atoms with E-state index < -0.39 is 5.97 Å². The molecule has 7 heteroatoms. The normalized spacial score (nSPS) is 13.2. The van der Waals surface area contributed by atoms with Crippen molar-refractivity contribution in [3.63, 3.8) is 0 Å². The summed E-state index contributed by atoms with van der Waals surface area (Å²) in [5.74, 6) is -0.834. The average Bonchev–Trinajstić information content (AvgIpc) is 2.95. The molecule has 0 unspecified atom stereocenters. The number of benzene rings is 1. The number of carbonyl (C=O) groups is 2. The molecule has 1 aliphatic carbocycles. The van der Waals surface area contributed by atoms with Crippen LogP contribution in [-0.2, 0) is 24.1 Å². The molecule has 0 saturated heterocycles. The second-order valence-corrected chi connectivity index (χ2v) is 6.85. The maximum absolute atomic E-state index is 12.1.